The van der Waals surface area contributed by atoms with E-state index in [-0.39, 0.29) is 6.54 Å². The predicted molar refractivity (Wildman–Crippen MR) is 83.6 cm³/mol. The molecule has 5 nitrogen and oxygen atoms in total. The van der Waals surface area contributed by atoms with E-state index >= 15 is 0 Å². The summed E-state index contributed by atoms with van der Waals surface area (Å²) in [6.45, 7) is 0.283. The summed E-state index contributed by atoms with van der Waals surface area (Å²) in [5.74, 6) is 0. The van der Waals surface area contributed by atoms with E-state index in [0.29, 0.717) is 11.2 Å². The van der Waals surface area contributed by atoms with Crippen molar-refractivity contribution < 1.29 is 8.42 Å². The molecule has 0 amide bonds. The second kappa shape index (κ2) is 5.21. The van der Waals surface area contributed by atoms with Crippen LogP contribution in [-0.4, -0.2) is 24.6 Å². The normalized spacial score (nSPS) is 11.7. The summed E-state index contributed by atoms with van der Waals surface area (Å²) in [5.41, 5.74) is 2.98. The van der Waals surface area contributed by atoms with Gasteiger partial charge in [0.05, 0.1) is 30.3 Å². The van der Waals surface area contributed by atoms with Crippen LogP contribution in [0.5, 0.6) is 0 Å². The van der Waals surface area contributed by atoms with Crippen molar-refractivity contribution in [2.75, 3.05) is 10.6 Å². The van der Waals surface area contributed by atoms with Crippen molar-refractivity contribution in [2.45, 2.75) is 6.54 Å². The van der Waals surface area contributed by atoms with E-state index in [0.717, 1.165) is 11.1 Å². The molecule has 0 aliphatic heterocycles. The van der Waals surface area contributed by atoms with Crippen molar-refractivity contribution in [1.29, 1.82) is 0 Å². The molecule has 0 bridgehead atoms. The molecule has 0 aliphatic rings. The van der Waals surface area contributed by atoms with Crippen LogP contribution in [0.4, 0.5) is 5.69 Å². The average Bonchev–Trinajstić information content (AvgIpc) is 2.93. The van der Waals surface area contributed by atoms with Crippen LogP contribution in [0.1, 0.15) is 5.56 Å². The first-order valence-corrected chi connectivity index (χ1v) is 8.34. The molecule has 0 radical (unpaired) electrons. The first kappa shape index (κ1) is 13.6. The molecule has 2 aromatic carbocycles. The predicted octanol–water partition coefficient (Wildman–Crippen LogP) is 2.53. The van der Waals surface area contributed by atoms with Gasteiger partial charge in [-0.05, 0) is 17.7 Å². The number of H-pyrrole nitrogens is 1. The number of imidazole rings is 1. The van der Waals surface area contributed by atoms with Gasteiger partial charge in [0.15, 0.2) is 0 Å². The summed E-state index contributed by atoms with van der Waals surface area (Å²) in [7, 11) is -3.41. The fraction of sp³-hybridized carbons (Fsp3) is 0.133. The number of hydrogen-bond donors (Lipinski definition) is 1. The summed E-state index contributed by atoms with van der Waals surface area (Å²) < 4.78 is 25.8. The van der Waals surface area contributed by atoms with Gasteiger partial charge in [0.1, 0.15) is 5.52 Å². The molecule has 0 saturated heterocycles. The van der Waals surface area contributed by atoms with Gasteiger partial charge < -0.3 is 4.98 Å². The maximum absolute atomic E-state index is 12.2. The molecule has 3 rings (SSSR count). The highest BCUT2D eigenvalue weighted by molar-refractivity contribution is 7.92. The highest BCUT2D eigenvalue weighted by Crippen LogP contribution is 2.27. The van der Waals surface area contributed by atoms with Gasteiger partial charge in [-0.1, -0.05) is 36.4 Å². The van der Waals surface area contributed by atoms with Gasteiger partial charge in [0.2, 0.25) is 10.0 Å². The molecule has 0 atom stereocenters. The number of nitrogens with zero attached hydrogens (tertiary/aromatic N) is 2. The van der Waals surface area contributed by atoms with Crippen molar-refractivity contribution in [3.8, 4) is 0 Å². The Labute approximate surface area is 123 Å². The minimum atomic E-state index is -3.41. The van der Waals surface area contributed by atoms with Crippen molar-refractivity contribution >= 4 is 26.7 Å². The molecule has 0 aliphatic carbocycles. The lowest BCUT2D eigenvalue weighted by Gasteiger charge is -2.22. The van der Waals surface area contributed by atoms with Gasteiger partial charge in [-0.25, -0.2) is 13.4 Å². The largest absolute Gasteiger partial charge is 0.345 e. The molecule has 1 N–H and O–H groups in total. The number of nitrogens with one attached hydrogen (secondary N) is 1. The number of aromatic nitrogens is 2. The quantitative estimate of drug-likeness (QED) is 0.805. The Morgan fingerprint density at radius 1 is 1.10 bits per heavy atom. The molecule has 1 heterocycles. The monoisotopic (exact) mass is 301 g/mol. The van der Waals surface area contributed by atoms with Gasteiger partial charge in [0.25, 0.3) is 0 Å². The van der Waals surface area contributed by atoms with Crippen LogP contribution >= 0.6 is 0 Å². The SMILES string of the molecule is CS(=O)(=O)N(Cc1ccccc1)c1cccc2[nH]cnc12. The van der Waals surface area contributed by atoms with E-state index in [2.05, 4.69) is 9.97 Å². The van der Waals surface area contributed by atoms with Crippen LogP contribution in [0.2, 0.25) is 0 Å². The zero-order valence-corrected chi connectivity index (χ0v) is 12.3. The topological polar surface area (TPSA) is 66.1 Å². The molecule has 0 fully saturated rings. The molecular formula is C15H15N3O2S. The zero-order valence-electron chi connectivity index (χ0n) is 11.5. The summed E-state index contributed by atoms with van der Waals surface area (Å²) in [6, 6.07) is 15.0. The van der Waals surface area contributed by atoms with Crippen LogP contribution in [0, 0.1) is 0 Å². The summed E-state index contributed by atoms with van der Waals surface area (Å²) >= 11 is 0. The number of rotatable bonds is 4. The number of para-hydroxylation sites is 1. The summed E-state index contributed by atoms with van der Waals surface area (Å²) in [4.78, 5) is 7.23. The molecule has 21 heavy (non-hydrogen) atoms. The number of fused-ring (bicyclic) bond motifs is 1. The molecule has 3 aromatic rings. The van der Waals surface area contributed by atoms with Crippen LogP contribution in [0.25, 0.3) is 11.0 Å². The van der Waals surface area contributed by atoms with E-state index in [1.165, 1.54) is 10.6 Å². The van der Waals surface area contributed by atoms with Crippen molar-refractivity contribution in [3.05, 3.63) is 60.4 Å². The highest BCUT2D eigenvalue weighted by Gasteiger charge is 2.20. The Bertz CT molecular complexity index is 857. The first-order chi connectivity index (χ1) is 10.1. The Hall–Kier alpha value is -2.34. The average molecular weight is 301 g/mol. The summed E-state index contributed by atoms with van der Waals surface area (Å²) in [5, 5.41) is 0. The van der Waals surface area contributed by atoms with Gasteiger partial charge >= 0.3 is 0 Å². The second-order valence-corrected chi connectivity index (χ2v) is 6.74. The van der Waals surface area contributed by atoms with Gasteiger partial charge in [-0.15, -0.1) is 0 Å². The first-order valence-electron chi connectivity index (χ1n) is 6.49. The number of aromatic amines is 1. The molecule has 0 unspecified atom stereocenters. The number of benzene rings is 2. The van der Waals surface area contributed by atoms with Crippen molar-refractivity contribution in [3.63, 3.8) is 0 Å². The van der Waals surface area contributed by atoms with Crippen molar-refractivity contribution in [1.82, 2.24) is 9.97 Å². The van der Waals surface area contributed by atoms with Crippen molar-refractivity contribution in [2.24, 2.45) is 0 Å². The number of anilines is 1. The molecule has 0 saturated carbocycles. The summed E-state index contributed by atoms with van der Waals surface area (Å²) in [6.07, 6.45) is 2.78. The molecular weight excluding hydrogens is 286 g/mol. The second-order valence-electron chi connectivity index (χ2n) is 4.83. The molecule has 0 spiro atoms. The Morgan fingerprint density at radius 3 is 2.57 bits per heavy atom. The third-order valence-electron chi connectivity index (χ3n) is 3.27. The lowest BCUT2D eigenvalue weighted by Crippen LogP contribution is -2.29. The maximum atomic E-state index is 12.2. The fourth-order valence-corrected chi connectivity index (χ4v) is 3.17. The molecule has 1 aromatic heterocycles. The van der Waals surface area contributed by atoms with Gasteiger partial charge in [-0.2, -0.15) is 0 Å². The third-order valence-corrected chi connectivity index (χ3v) is 4.39. The fourth-order valence-electron chi connectivity index (χ4n) is 2.28. The maximum Gasteiger partial charge on any atom is 0.232 e. The van der Waals surface area contributed by atoms with Gasteiger partial charge in [-0.3, -0.25) is 4.31 Å². The minimum absolute atomic E-state index is 0.283. The van der Waals surface area contributed by atoms with E-state index < -0.39 is 10.0 Å². The van der Waals surface area contributed by atoms with Crippen LogP contribution in [-0.2, 0) is 16.6 Å². The van der Waals surface area contributed by atoms with E-state index in [4.69, 9.17) is 0 Å². The van der Waals surface area contributed by atoms with Crippen LogP contribution in [0.15, 0.2) is 54.9 Å². The molecule has 108 valence electrons. The van der Waals surface area contributed by atoms with E-state index in [1.54, 1.807) is 12.4 Å². The zero-order chi connectivity index (χ0) is 14.9. The lowest BCUT2D eigenvalue weighted by atomic mass is 10.2. The third kappa shape index (κ3) is 2.75. The van der Waals surface area contributed by atoms with Gasteiger partial charge in [0, 0.05) is 0 Å². The molecule has 6 heteroatoms. The van der Waals surface area contributed by atoms with Crippen LogP contribution < -0.4 is 4.31 Å². The minimum Gasteiger partial charge on any atom is -0.345 e. The lowest BCUT2D eigenvalue weighted by molar-refractivity contribution is 0.596. The number of hydrogen-bond acceptors (Lipinski definition) is 3. The standard InChI is InChI=1S/C15H15N3O2S/c1-21(19,20)18(10-12-6-3-2-4-7-12)14-9-5-8-13-15(14)17-11-16-13/h2-9,11H,10H2,1H3,(H,16,17). The Balaban J connectivity index is 2.10. The Kier molecular flexibility index (Phi) is 3.39. The van der Waals surface area contributed by atoms with E-state index in [9.17, 15) is 8.42 Å². The number of sulfonamides is 1. The smallest absolute Gasteiger partial charge is 0.232 e. The van der Waals surface area contributed by atoms with E-state index in [1.807, 2.05) is 42.5 Å². The highest BCUT2D eigenvalue weighted by atomic mass is 32.2. The Morgan fingerprint density at radius 2 is 1.86 bits per heavy atom. The van der Waals surface area contributed by atoms with Crippen LogP contribution in [0.3, 0.4) is 0 Å².